The Hall–Kier alpha value is -1.46. The van der Waals surface area contributed by atoms with E-state index in [1.165, 1.54) is 20.3 Å². The highest BCUT2D eigenvalue weighted by Crippen LogP contribution is 2.10. The fourth-order valence-electron chi connectivity index (χ4n) is 0.928. The first-order chi connectivity index (χ1) is 6.69. The second-order valence-corrected chi connectivity index (χ2v) is 2.53. The second-order valence-electron chi connectivity index (χ2n) is 2.53. The average molecular weight is 197 g/mol. The van der Waals surface area contributed by atoms with Crippen LogP contribution in [-0.2, 0) is 9.47 Å². The summed E-state index contributed by atoms with van der Waals surface area (Å²) in [4.78, 5) is 14.9. The van der Waals surface area contributed by atoms with Gasteiger partial charge in [0, 0.05) is 7.11 Å². The van der Waals surface area contributed by atoms with E-state index in [0.29, 0.717) is 0 Å². The van der Waals surface area contributed by atoms with Gasteiger partial charge in [-0.05, 0) is 12.1 Å². The van der Waals surface area contributed by atoms with E-state index in [1.807, 2.05) is 0 Å². The van der Waals surface area contributed by atoms with Crippen molar-refractivity contribution in [1.82, 2.24) is 4.98 Å². The van der Waals surface area contributed by atoms with Gasteiger partial charge in [0.05, 0.1) is 12.8 Å². The van der Waals surface area contributed by atoms with Gasteiger partial charge in [-0.3, -0.25) is 0 Å². The van der Waals surface area contributed by atoms with Gasteiger partial charge in [-0.1, -0.05) is 6.07 Å². The molecule has 0 aromatic carbocycles. The number of aromatic nitrogens is 1. The summed E-state index contributed by atoms with van der Waals surface area (Å²) < 4.78 is 9.13. The molecule has 0 amide bonds. The van der Waals surface area contributed by atoms with E-state index in [1.54, 1.807) is 12.1 Å². The van der Waals surface area contributed by atoms with Gasteiger partial charge in [-0.2, -0.15) is 0 Å². The van der Waals surface area contributed by atoms with Crippen LogP contribution < -0.4 is 0 Å². The molecule has 0 radical (unpaired) electrons. The summed E-state index contributed by atoms with van der Waals surface area (Å²) in [7, 11) is 2.61. The molecule has 0 saturated carbocycles. The van der Waals surface area contributed by atoms with Gasteiger partial charge >= 0.3 is 5.97 Å². The molecule has 0 aliphatic carbocycles. The van der Waals surface area contributed by atoms with Crippen LogP contribution in [0.25, 0.3) is 0 Å². The van der Waals surface area contributed by atoms with Crippen molar-refractivity contribution in [3.8, 4) is 0 Å². The molecule has 0 spiro atoms. The number of pyridine rings is 1. The third-order valence-corrected chi connectivity index (χ3v) is 1.64. The Morgan fingerprint density at radius 3 is 2.79 bits per heavy atom. The maximum atomic E-state index is 11.1. The van der Waals surface area contributed by atoms with Crippen LogP contribution in [0.2, 0.25) is 0 Å². The third kappa shape index (κ3) is 2.27. The van der Waals surface area contributed by atoms with Crippen molar-refractivity contribution in [1.29, 1.82) is 0 Å². The van der Waals surface area contributed by atoms with Gasteiger partial charge in [0.1, 0.15) is 5.69 Å². The lowest BCUT2D eigenvalue weighted by atomic mass is 10.3. The summed E-state index contributed by atoms with van der Waals surface area (Å²) >= 11 is 0. The van der Waals surface area contributed by atoms with Crippen LogP contribution in [0, 0.1) is 0 Å². The van der Waals surface area contributed by atoms with Crippen molar-refractivity contribution in [2.75, 3.05) is 14.2 Å². The van der Waals surface area contributed by atoms with Crippen LogP contribution in [0.3, 0.4) is 0 Å². The minimum Gasteiger partial charge on any atom is -0.464 e. The zero-order valence-electron chi connectivity index (χ0n) is 7.93. The van der Waals surface area contributed by atoms with Crippen molar-refractivity contribution < 1.29 is 19.4 Å². The highest BCUT2D eigenvalue weighted by atomic mass is 16.6. The minimum absolute atomic E-state index is 0.140. The molecule has 0 aliphatic heterocycles. The monoisotopic (exact) mass is 197 g/mol. The van der Waals surface area contributed by atoms with Crippen LogP contribution in [0.4, 0.5) is 0 Å². The molecule has 0 fully saturated rings. The van der Waals surface area contributed by atoms with Crippen LogP contribution in [0.5, 0.6) is 0 Å². The summed E-state index contributed by atoms with van der Waals surface area (Å²) in [6, 6.07) is 4.65. The minimum atomic E-state index is -1.13. The third-order valence-electron chi connectivity index (χ3n) is 1.64. The second kappa shape index (κ2) is 4.69. The number of nitrogens with zero attached hydrogens (tertiary/aromatic N) is 1. The van der Waals surface area contributed by atoms with Crippen molar-refractivity contribution in [3.05, 3.63) is 29.6 Å². The molecule has 5 nitrogen and oxygen atoms in total. The summed E-state index contributed by atoms with van der Waals surface area (Å²) in [6.45, 7) is 0. The fourth-order valence-corrected chi connectivity index (χ4v) is 0.928. The summed E-state index contributed by atoms with van der Waals surface area (Å²) in [5, 5.41) is 9.27. The summed E-state index contributed by atoms with van der Waals surface area (Å²) in [5.41, 5.74) is 0.413. The Morgan fingerprint density at radius 2 is 2.21 bits per heavy atom. The molecule has 76 valence electrons. The number of carbonyl (C=O) groups excluding carboxylic acids is 1. The maximum absolute atomic E-state index is 11.1. The molecular formula is C9H11NO4. The van der Waals surface area contributed by atoms with Gasteiger partial charge in [-0.15, -0.1) is 0 Å². The SMILES string of the molecule is COC(=O)c1cccc(C(O)OC)n1. The number of aliphatic hydroxyl groups is 1. The van der Waals surface area contributed by atoms with Crippen molar-refractivity contribution in [2.45, 2.75) is 6.29 Å². The lowest BCUT2D eigenvalue weighted by Gasteiger charge is -2.08. The molecule has 0 saturated heterocycles. The van der Waals surface area contributed by atoms with Gasteiger partial charge in [0.2, 0.25) is 0 Å². The van der Waals surface area contributed by atoms with Gasteiger partial charge in [-0.25, -0.2) is 9.78 Å². The van der Waals surface area contributed by atoms with Crippen molar-refractivity contribution >= 4 is 5.97 Å². The Labute approximate surface area is 81.3 Å². The first-order valence-corrected chi connectivity index (χ1v) is 3.95. The topological polar surface area (TPSA) is 68.7 Å². The summed E-state index contributed by atoms with van der Waals surface area (Å²) in [5.74, 6) is -0.546. The number of hydrogen-bond donors (Lipinski definition) is 1. The zero-order chi connectivity index (χ0) is 10.6. The zero-order valence-corrected chi connectivity index (χ0v) is 7.93. The molecule has 0 bridgehead atoms. The molecule has 1 heterocycles. The van der Waals surface area contributed by atoms with E-state index in [2.05, 4.69) is 14.5 Å². The number of rotatable bonds is 3. The molecule has 1 N–H and O–H groups in total. The Bertz CT molecular complexity index is 326. The van der Waals surface area contributed by atoms with E-state index >= 15 is 0 Å². The van der Waals surface area contributed by atoms with Gasteiger partial charge in [0.25, 0.3) is 0 Å². The Morgan fingerprint density at radius 1 is 1.50 bits per heavy atom. The number of esters is 1. The lowest BCUT2D eigenvalue weighted by molar-refractivity contribution is -0.0799. The van der Waals surface area contributed by atoms with E-state index in [9.17, 15) is 9.90 Å². The molecule has 1 unspecified atom stereocenters. The van der Waals surface area contributed by atoms with Gasteiger partial charge in [0.15, 0.2) is 6.29 Å². The number of aliphatic hydroxyl groups excluding tert-OH is 1. The molecule has 1 aromatic heterocycles. The standard InChI is InChI=1S/C9H11NO4/c1-13-8(11)6-4-3-5-7(10-6)9(12)14-2/h3-5,8,11H,1-2H3. The van der Waals surface area contributed by atoms with Crippen molar-refractivity contribution in [3.63, 3.8) is 0 Å². The summed E-state index contributed by atoms with van der Waals surface area (Å²) in [6.07, 6.45) is -1.13. The first kappa shape index (κ1) is 10.6. The van der Waals surface area contributed by atoms with Crippen LogP contribution in [0.1, 0.15) is 22.5 Å². The van der Waals surface area contributed by atoms with E-state index in [4.69, 9.17) is 0 Å². The predicted molar refractivity (Wildman–Crippen MR) is 47.5 cm³/mol. The maximum Gasteiger partial charge on any atom is 0.356 e. The van der Waals surface area contributed by atoms with E-state index < -0.39 is 12.3 Å². The highest BCUT2D eigenvalue weighted by molar-refractivity contribution is 5.87. The molecule has 14 heavy (non-hydrogen) atoms. The van der Waals surface area contributed by atoms with Crippen LogP contribution >= 0.6 is 0 Å². The van der Waals surface area contributed by atoms with E-state index in [-0.39, 0.29) is 11.4 Å². The quantitative estimate of drug-likeness (QED) is 0.564. The molecule has 5 heteroatoms. The normalized spacial score (nSPS) is 12.2. The molecular weight excluding hydrogens is 186 g/mol. The predicted octanol–water partition coefficient (Wildman–Crippen LogP) is 0.505. The first-order valence-electron chi connectivity index (χ1n) is 3.95. The fraction of sp³-hybridized carbons (Fsp3) is 0.333. The molecule has 1 aromatic rings. The number of hydrogen-bond acceptors (Lipinski definition) is 5. The van der Waals surface area contributed by atoms with Crippen LogP contribution in [0.15, 0.2) is 18.2 Å². The average Bonchev–Trinajstić information content (AvgIpc) is 2.27. The Balaban J connectivity index is 2.95. The van der Waals surface area contributed by atoms with Gasteiger partial charge < -0.3 is 14.6 Å². The largest absolute Gasteiger partial charge is 0.464 e. The molecule has 1 atom stereocenters. The van der Waals surface area contributed by atoms with Crippen LogP contribution in [-0.4, -0.2) is 30.3 Å². The molecule has 1 rings (SSSR count). The number of carbonyl (C=O) groups is 1. The lowest BCUT2D eigenvalue weighted by Crippen LogP contribution is -2.09. The number of ether oxygens (including phenoxy) is 2. The smallest absolute Gasteiger partial charge is 0.356 e. The number of methoxy groups -OCH3 is 2. The Kier molecular flexibility index (Phi) is 3.55. The van der Waals surface area contributed by atoms with Crippen molar-refractivity contribution in [2.24, 2.45) is 0 Å². The highest BCUT2D eigenvalue weighted by Gasteiger charge is 2.11. The molecule has 0 aliphatic rings. The van der Waals surface area contributed by atoms with E-state index in [0.717, 1.165) is 0 Å².